The Hall–Kier alpha value is -6.64. The Kier molecular flexibility index (Phi) is 10.0. The Labute approximate surface area is 393 Å². The summed E-state index contributed by atoms with van der Waals surface area (Å²) in [4.78, 5) is 5.03. The second-order valence-corrected chi connectivity index (χ2v) is 21.1. The molecule has 2 heteroatoms. The van der Waals surface area contributed by atoms with Gasteiger partial charge in [-0.05, 0) is 117 Å². The molecule has 6 aromatic carbocycles. The molecule has 1 saturated carbocycles. The molecule has 328 valence electrons. The van der Waals surface area contributed by atoms with Crippen molar-refractivity contribution in [3.63, 3.8) is 0 Å². The largest absolute Gasteiger partial charge is 0.310 e. The molecule has 2 nitrogen and oxygen atoms in total. The number of rotatable bonds is 8. The molecule has 5 aliphatic carbocycles. The van der Waals surface area contributed by atoms with E-state index in [4.69, 9.17) is 0 Å². The predicted molar refractivity (Wildman–Crippen MR) is 280 cm³/mol. The monoisotopic (exact) mass is 858 g/mol. The van der Waals surface area contributed by atoms with Gasteiger partial charge in [0.15, 0.2) is 0 Å². The molecule has 0 heterocycles. The number of hydrogen-bond acceptors (Lipinski definition) is 2. The lowest BCUT2D eigenvalue weighted by Gasteiger charge is -2.71. The summed E-state index contributed by atoms with van der Waals surface area (Å²) in [6.07, 6.45) is 23.4. The molecule has 0 bridgehead atoms. The summed E-state index contributed by atoms with van der Waals surface area (Å²) in [7, 11) is 0. The third-order valence-corrected chi connectivity index (χ3v) is 16.9. The topological polar surface area (TPSA) is 6.48 Å². The van der Waals surface area contributed by atoms with Crippen LogP contribution in [0.5, 0.6) is 0 Å². The van der Waals surface area contributed by atoms with E-state index < -0.39 is 0 Å². The smallest absolute Gasteiger partial charge is 0.0539 e. The lowest BCUT2D eigenvalue weighted by Crippen LogP contribution is -2.66. The Bertz CT molecular complexity index is 3010. The van der Waals surface area contributed by atoms with Gasteiger partial charge in [0.2, 0.25) is 0 Å². The summed E-state index contributed by atoms with van der Waals surface area (Å²) >= 11 is 0. The fourth-order valence-corrected chi connectivity index (χ4v) is 13.5. The normalized spacial score (nSPS) is 26.2. The molecule has 5 aliphatic rings. The molecule has 6 aromatic rings. The van der Waals surface area contributed by atoms with Crippen molar-refractivity contribution in [3.8, 4) is 22.3 Å². The summed E-state index contributed by atoms with van der Waals surface area (Å²) in [6, 6.07) is 58.0. The zero-order valence-corrected chi connectivity index (χ0v) is 39.6. The Balaban J connectivity index is 1.06. The van der Waals surface area contributed by atoms with Crippen molar-refractivity contribution in [3.05, 3.63) is 235 Å². The second kappa shape index (κ2) is 15.8. The molecule has 0 saturated heterocycles. The highest BCUT2D eigenvalue weighted by Crippen LogP contribution is 2.75. The average molecular weight is 859 g/mol. The number of para-hydroxylation sites is 3. The van der Waals surface area contributed by atoms with Crippen LogP contribution in [0.4, 0.5) is 22.7 Å². The van der Waals surface area contributed by atoms with Crippen LogP contribution >= 0.6 is 0 Å². The van der Waals surface area contributed by atoms with Crippen LogP contribution in [0.15, 0.2) is 224 Å². The van der Waals surface area contributed by atoms with Gasteiger partial charge in [-0.2, -0.15) is 0 Å². The van der Waals surface area contributed by atoms with Crippen molar-refractivity contribution < 1.29 is 0 Å². The van der Waals surface area contributed by atoms with Gasteiger partial charge >= 0.3 is 0 Å². The molecule has 6 atom stereocenters. The van der Waals surface area contributed by atoms with Crippen LogP contribution in [-0.4, -0.2) is 0 Å². The molecule has 0 aliphatic heterocycles. The molecule has 0 aromatic heterocycles. The molecule has 1 fully saturated rings. The first-order valence-corrected chi connectivity index (χ1v) is 24.2. The minimum atomic E-state index is -0.184. The van der Waals surface area contributed by atoms with Crippen molar-refractivity contribution >= 4 is 28.3 Å². The lowest BCUT2D eigenvalue weighted by molar-refractivity contribution is -0.125. The minimum Gasteiger partial charge on any atom is -0.310 e. The van der Waals surface area contributed by atoms with E-state index in [0.29, 0.717) is 17.8 Å². The maximum absolute atomic E-state index is 2.68. The third-order valence-electron chi connectivity index (χ3n) is 16.9. The highest BCUT2D eigenvalue weighted by atomic mass is 15.2. The molecule has 0 radical (unpaired) electrons. The number of allylic oxidation sites excluding steroid dienone is 10. The number of nitrogens with zero attached hydrogens (tertiary/aromatic N) is 2. The van der Waals surface area contributed by atoms with Crippen molar-refractivity contribution in [1.29, 1.82) is 0 Å². The van der Waals surface area contributed by atoms with Gasteiger partial charge in [0.25, 0.3) is 0 Å². The predicted octanol–water partition coefficient (Wildman–Crippen LogP) is 17.1. The first-order valence-electron chi connectivity index (χ1n) is 24.2. The maximum atomic E-state index is 2.68. The third kappa shape index (κ3) is 6.35. The van der Waals surface area contributed by atoms with Gasteiger partial charge in [-0.1, -0.05) is 212 Å². The van der Waals surface area contributed by atoms with E-state index in [-0.39, 0.29) is 27.6 Å². The molecule has 6 unspecified atom stereocenters. The van der Waals surface area contributed by atoms with Crippen molar-refractivity contribution in [2.24, 2.45) is 39.9 Å². The van der Waals surface area contributed by atoms with E-state index in [2.05, 4.69) is 271 Å². The summed E-state index contributed by atoms with van der Waals surface area (Å²) in [5.74, 6) is 1.42. The quantitative estimate of drug-likeness (QED) is 0.150. The maximum Gasteiger partial charge on any atom is 0.0539 e. The van der Waals surface area contributed by atoms with E-state index >= 15 is 0 Å². The SMILES string of the molecule is CC1C=CC(N(c2ccc3c(c2)C2=CC=CC4C2(C)C(C2C=CC(N(c5ccccc5)c5ccccc5-c5ccccc5)=CC2(C)C4(C)C)C3(C)C)c2ccccc2-c2ccccc2)=CC1. The van der Waals surface area contributed by atoms with E-state index in [1.165, 1.54) is 67.4 Å². The highest BCUT2D eigenvalue weighted by molar-refractivity contribution is 5.89. The molecular weight excluding hydrogens is 797 g/mol. The summed E-state index contributed by atoms with van der Waals surface area (Å²) < 4.78 is 0. The Morgan fingerprint density at radius 1 is 0.530 bits per heavy atom. The van der Waals surface area contributed by atoms with Crippen molar-refractivity contribution in [2.45, 2.75) is 60.3 Å². The zero-order chi connectivity index (χ0) is 45.4. The molecular formula is C64H62N2. The highest BCUT2D eigenvalue weighted by Gasteiger charge is 2.69. The Morgan fingerprint density at radius 3 is 1.70 bits per heavy atom. The average Bonchev–Trinajstić information content (AvgIpc) is 3.33. The van der Waals surface area contributed by atoms with Crippen molar-refractivity contribution in [1.82, 2.24) is 0 Å². The minimum absolute atomic E-state index is 0.115. The fourth-order valence-electron chi connectivity index (χ4n) is 13.5. The molecule has 0 spiro atoms. The summed E-state index contributed by atoms with van der Waals surface area (Å²) in [5, 5.41) is 0. The van der Waals surface area contributed by atoms with E-state index in [1.807, 2.05) is 0 Å². The van der Waals surface area contributed by atoms with Crippen LogP contribution in [0.1, 0.15) is 66.0 Å². The molecule has 0 amide bonds. The number of hydrogen-bond donors (Lipinski definition) is 0. The van der Waals surface area contributed by atoms with Crippen LogP contribution in [0.2, 0.25) is 0 Å². The van der Waals surface area contributed by atoms with Gasteiger partial charge < -0.3 is 9.80 Å². The summed E-state index contributed by atoms with van der Waals surface area (Å²) in [5.41, 5.74) is 15.9. The van der Waals surface area contributed by atoms with Crippen LogP contribution in [0, 0.1) is 39.9 Å². The fraction of sp³-hybridized carbons (Fsp3) is 0.250. The van der Waals surface area contributed by atoms with Gasteiger partial charge in [0.05, 0.1) is 11.4 Å². The zero-order valence-electron chi connectivity index (χ0n) is 39.6. The summed E-state index contributed by atoms with van der Waals surface area (Å²) in [6.45, 7) is 17.8. The first kappa shape index (κ1) is 42.0. The van der Waals surface area contributed by atoms with Crippen LogP contribution in [-0.2, 0) is 5.41 Å². The van der Waals surface area contributed by atoms with E-state index in [0.717, 1.165) is 12.1 Å². The molecule has 66 heavy (non-hydrogen) atoms. The van der Waals surface area contributed by atoms with Crippen LogP contribution in [0.25, 0.3) is 27.8 Å². The van der Waals surface area contributed by atoms with Gasteiger partial charge in [-0.3, -0.25) is 0 Å². The molecule has 11 rings (SSSR count). The number of anilines is 4. The first-order chi connectivity index (χ1) is 31.9. The van der Waals surface area contributed by atoms with Crippen LogP contribution in [0.3, 0.4) is 0 Å². The standard InChI is InChI=1S/C64H62N2/c1-44-34-36-48(37-35-44)65(57-31-19-17-28-51(57)45-22-11-8-12-23-45)49-38-40-54-53(42-49)55-30-21-33-59-62(4,5)63(6)43-50(39-41-56(63)60(61(54,2)3)64(55,59)7)66(47-26-15-10-16-27-47)58-32-20-18-29-52(58)46-24-13-9-14-25-46/h8-34,36-44,56,59-60H,35H2,1-7H3. The van der Waals surface area contributed by atoms with Gasteiger partial charge in [0.1, 0.15) is 0 Å². The number of fused-ring (bicyclic) bond motifs is 4. The van der Waals surface area contributed by atoms with Gasteiger partial charge in [0, 0.05) is 44.7 Å². The van der Waals surface area contributed by atoms with Gasteiger partial charge in [-0.25, -0.2) is 0 Å². The second-order valence-electron chi connectivity index (χ2n) is 21.1. The van der Waals surface area contributed by atoms with E-state index in [9.17, 15) is 0 Å². The van der Waals surface area contributed by atoms with Crippen molar-refractivity contribution in [2.75, 3.05) is 9.80 Å². The lowest BCUT2D eigenvalue weighted by atomic mass is 9.32. The number of benzene rings is 6. The van der Waals surface area contributed by atoms with Gasteiger partial charge in [-0.15, -0.1) is 0 Å². The Morgan fingerprint density at radius 2 is 1.09 bits per heavy atom. The van der Waals surface area contributed by atoms with E-state index in [1.54, 1.807) is 0 Å². The molecule has 0 N–H and O–H groups in total. The van der Waals surface area contributed by atoms with Crippen LogP contribution < -0.4 is 9.80 Å².